The largest absolute Gasteiger partial charge is 0.354 e. The molecule has 0 heterocycles. The Kier molecular flexibility index (Phi) is 8.12. The van der Waals surface area contributed by atoms with E-state index in [4.69, 9.17) is 0 Å². The SMILES string of the molecule is CC.Cc1ccc(CCC(=O)NC(C)C)cc1.[HH]. The van der Waals surface area contributed by atoms with E-state index >= 15 is 0 Å². The third-order valence-electron chi connectivity index (χ3n) is 2.21. The third kappa shape index (κ3) is 7.56. The Morgan fingerprint density at radius 1 is 1.24 bits per heavy atom. The molecule has 0 saturated heterocycles. The van der Waals surface area contributed by atoms with E-state index in [9.17, 15) is 4.79 Å². The van der Waals surface area contributed by atoms with E-state index in [0.717, 1.165) is 6.42 Å². The number of rotatable bonds is 4. The van der Waals surface area contributed by atoms with Crippen molar-refractivity contribution in [1.82, 2.24) is 5.32 Å². The summed E-state index contributed by atoms with van der Waals surface area (Å²) in [5, 5.41) is 2.89. The van der Waals surface area contributed by atoms with Crippen molar-refractivity contribution in [3.05, 3.63) is 35.4 Å². The maximum atomic E-state index is 11.4. The van der Waals surface area contributed by atoms with Gasteiger partial charge in [0.05, 0.1) is 0 Å². The van der Waals surface area contributed by atoms with Gasteiger partial charge in [0.2, 0.25) is 5.91 Å². The van der Waals surface area contributed by atoms with Crippen LogP contribution in [0.4, 0.5) is 0 Å². The van der Waals surface area contributed by atoms with Crippen LogP contribution in [0.25, 0.3) is 0 Å². The number of amides is 1. The van der Waals surface area contributed by atoms with Crippen LogP contribution in [0.3, 0.4) is 0 Å². The highest BCUT2D eigenvalue weighted by Gasteiger charge is 2.03. The summed E-state index contributed by atoms with van der Waals surface area (Å²) < 4.78 is 0. The molecule has 98 valence electrons. The highest BCUT2D eigenvalue weighted by molar-refractivity contribution is 5.76. The van der Waals surface area contributed by atoms with Gasteiger partial charge in [0.25, 0.3) is 0 Å². The van der Waals surface area contributed by atoms with Gasteiger partial charge >= 0.3 is 0 Å². The molecule has 1 N–H and O–H groups in total. The second-order valence-electron chi connectivity index (χ2n) is 4.21. The number of carbonyl (C=O) groups excluding carboxylic acids is 1. The van der Waals surface area contributed by atoms with Crippen LogP contribution in [0.1, 0.15) is 46.7 Å². The van der Waals surface area contributed by atoms with E-state index < -0.39 is 0 Å². The first-order chi connectivity index (χ1) is 8.08. The minimum Gasteiger partial charge on any atom is -0.354 e. The first kappa shape index (κ1) is 15.7. The van der Waals surface area contributed by atoms with Crippen molar-refractivity contribution in [2.75, 3.05) is 0 Å². The fourth-order valence-corrected chi connectivity index (χ4v) is 1.41. The van der Waals surface area contributed by atoms with Crippen LogP contribution in [-0.4, -0.2) is 11.9 Å². The van der Waals surface area contributed by atoms with Crippen molar-refractivity contribution in [1.29, 1.82) is 0 Å². The van der Waals surface area contributed by atoms with E-state index in [-0.39, 0.29) is 13.4 Å². The van der Waals surface area contributed by atoms with Crippen LogP contribution < -0.4 is 5.32 Å². The zero-order chi connectivity index (χ0) is 13.3. The summed E-state index contributed by atoms with van der Waals surface area (Å²) in [4.78, 5) is 11.4. The summed E-state index contributed by atoms with van der Waals surface area (Å²) in [6, 6.07) is 8.55. The van der Waals surface area contributed by atoms with Gasteiger partial charge in [0, 0.05) is 13.9 Å². The summed E-state index contributed by atoms with van der Waals surface area (Å²) in [6.45, 7) is 10.0. The van der Waals surface area contributed by atoms with Gasteiger partial charge in [-0.2, -0.15) is 0 Å². The molecule has 0 saturated carbocycles. The Balaban J connectivity index is 0. The van der Waals surface area contributed by atoms with Gasteiger partial charge in [-0.1, -0.05) is 43.7 Å². The molecule has 1 aromatic carbocycles. The van der Waals surface area contributed by atoms with Gasteiger partial charge in [-0.25, -0.2) is 0 Å². The van der Waals surface area contributed by atoms with Crippen LogP contribution in [0, 0.1) is 6.92 Å². The number of benzene rings is 1. The zero-order valence-corrected chi connectivity index (χ0v) is 11.7. The van der Waals surface area contributed by atoms with Gasteiger partial charge in [-0.05, 0) is 32.8 Å². The number of hydrogen-bond donors (Lipinski definition) is 1. The lowest BCUT2D eigenvalue weighted by Gasteiger charge is -2.08. The summed E-state index contributed by atoms with van der Waals surface area (Å²) in [5.74, 6) is 0.130. The molecule has 1 aromatic rings. The topological polar surface area (TPSA) is 29.1 Å². The normalized spacial score (nSPS) is 9.53. The van der Waals surface area contributed by atoms with Crippen molar-refractivity contribution in [3.8, 4) is 0 Å². The first-order valence-corrected chi connectivity index (χ1v) is 6.43. The molecule has 17 heavy (non-hydrogen) atoms. The Labute approximate surface area is 107 Å². The highest BCUT2D eigenvalue weighted by atomic mass is 16.1. The van der Waals surface area contributed by atoms with Gasteiger partial charge in [0.15, 0.2) is 0 Å². The molecule has 0 unspecified atom stereocenters. The lowest BCUT2D eigenvalue weighted by Crippen LogP contribution is -2.30. The summed E-state index contributed by atoms with van der Waals surface area (Å²) >= 11 is 0. The molecule has 0 radical (unpaired) electrons. The molecule has 0 atom stereocenters. The van der Waals surface area contributed by atoms with Crippen molar-refractivity contribution >= 4 is 5.91 Å². The van der Waals surface area contributed by atoms with E-state index in [0.29, 0.717) is 6.42 Å². The summed E-state index contributed by atoms with van der Waals surface area (Å²) in [5.41, 5.74) is 2.48. The van der Waals surface area contributed by atoms with Crippen LogP contribution in [-0.2, 0) is 11.2 Å². The van der Waals surface area contributed by atoms with E-state index in [1.54, 1.807) is 0 Å². The van der Waals surface area contributed by atoms with Crippen molar-refractivity contribution < 1.29 is 6.22 Å². The highest BCUT2D eigenvalue weighted by Crippen LogP contribution is 2.05. The molecule has 0 aliphatic heterocycles. The van der Waals surface area contributed by atoms with Crippen LogP contribution in [0.2, 0.25) is 0 Å². The minimum absolute atomic E-state index is 0. The van der Waals surface area contributed by atoms with Crippen molar-refractivity contribution in [2.45, 2.75) is 53.5 Å². The van der Waals surface area contributed by atoms with Gasteiger partial charge in [-0.3, -0.25) is 4.79 Å². The number of hydrogen-bond acceptors (Lipinski definition) is 1. The minimum atomic E-state index is 0. The summed E-state index contributed by atoms with van der Waals surface area (Å²) in [6.07, 6.45) is 1.39. The fraction of sp³-hybridized carbons (Fsp3) is 0.533. The van der Waals surface area contributed by atoms with E-state index in [1.165, 1.54) is 11.1 Å². The molecule has 0 aliphatic carbocycles. The zero-order valence-electron chi connectivity index (χ0n) is 11.7. The standard InChI is InChI=1S/C13H19NO.C2H6.H2/c1-10(2)14-13(15)9-8-12-6-4-11(3)5-7-12;1-2;/h4-7,10H,8-9H2,1-3H3,(H,14,15);1-2H3;1H. The van der Waals surface area contributed by atoms with Crippen LogP contribution >= 0.6 is 0 Å². The van der Waals surface area contributed by atoms with E-state index in [2.05, 4.69) is 36.5 Å². The molecule has 0 aromatic heterocycles. The molecule has 2 nitrogen and oxygen atoms in total. The first-order valence-electron chi connectivity index (χ1n) is 6.43. The van der Waals surface area contributed by atoms with Crippen molar-refractivity contribution in [2.24, 2.45) is 0 Å². The lowest BCUT2D eigenvalue weighted by atomic mass is 10.1. The predicted molar refractivity (Wildman–Crippen MR) is 76.2 cm³/mol. The molecular weight excluding hydrogens is 210 g/mol. The predicted octanol–water partition coefficient (Wildman–Crippen LogP) is 3.72. The van der Waals surface area contributed by atoms with Gasteiger partial charge in [0.1, 0.15) is 0 Å². The maximum Gasteiger partial charge on any atom is 0.220 e. The molecule has 0 aliphatic rings. The Hall–Kier alpha value is -1.31. The fourth-order valence-electron chi connectivity index (χ4n) is 1.41. The number of aryl methyl sites for hydroxylation is 2. The second-order valence-corrected chi connectivity index (χ2v) is 4.21. The third-order valence-corrected chi connectivity index (χ3v) is 2.21. The summed E-state index contributed by atoms with van der Waals surface area (Å²) in [7, 11) is 0. The maximum absolute atomic E-state index is 11.4. The van der Waals surface area contributed by atoms with Crippen molar-refractivity contribution in [3.63, 3.8) is 0 Å². The van der Waals surface area contributed by atoms with Crippen LogP contribution in [0.5, 0.6) is 0 Å². The number of nitrogens with one attached hydrogen (secondary N) is 1. The Bertz CT molecular complexity index is 320. The van der Waals surface area contributed by atoms with Crippen LogP contribution in [0.15, 0.2) is 24.3 Å². The lowest BCUT2D eigenvalue weighted by molar-refractivity contribution is -0.121. The average Bonchev–Trinajstić information content (AvgIpc) is 2.30. The molecule has 1 rings (SSSR count). The van der Waals surface area contributed by atoms with Gasteiger partial charge in [-0.15, -0.1) is 0 Å². The molecule has 2 heteroatoms. The molecule has 0 spiro atoms. The Morgan fingerprint density at radius 2 is 1.76 bits per heavy atom. The molecule has 0 fully saturated rings. The monoisotopic (exact) mass is 237 g/mol. The van der Waals surface area contributed by atoms with E-state index in [1.807, 2.05) is 27.7 Å². The quantitative estimate of drug-likeness (QED) is 0.849. The molecular formula is C15H27NO. The number of carbonyl (C=O) groups is 1. The van der Waals surface area contributed by atoms with Gasteiger partial charge < -0.3 is 5.32 Å². The Morgan fingerprint density at radius 3 is 2.24 bits per heavy atom. The smallest absolute Gasteiger partial charge is 0.220 e. The molecule has 0 bridgehead atoms. The second kappa shape index (κ2) is 8.80. The molecule has 1 amide bonds. The average molecular weight is 237 g/mol.